The first-order valence-corrected chi connectivity index (χ1v) is 8.82. The van der Waals surface area contributed by atoms with E-state index in [1.54, 1.807) is 0 Å². The summed E-state index contributed by atoms with van der Waals surface area (Å²) >= 11 is 0. The Morgan fingerprint density at radius 2 is 1.62 bits per heavy atom. The van der Waals surface area contributed by atoms with E-state index in [4.69, 9.17) is 0 Å². The van der Waals surface area contributed by atoms with Crippen LogP contribution in [-0.4, -0.2) is 21.0 Å². The molecule has 130 valence electrons. The van der Waals surface area contributed by atoms with Crippen LogP contribution >= 0.6 is 0 Å². The molecular formula is C19H29N5. The first-order chi connectivity index (χ1) is 11.5. The molecule has 1 unspecified atom stereocenters. The van der Waals surface area contributed by atoms with Crippen LogP contribution in [0, 0.1) is 20.8 Å². The molecular weight excluding hydrogens is 298 g/mol. The Hall–Kier alpha value is -2.17. The Morgan fingerprint density at radius 3 is 2.29 bits per heavy atom. The second-order valence-corrected chi connectivity index (χ2v) is 6.46. The maximum Gasteiger partial charge on any atom is 0.232 e. The van der Waals surface area contributed by atoms with E-state index in [2.05, 4.69) is 71.5 Å². The van der Waals surface area contributed by atoms with Crippen LogP contribution < -0.4 is 10.6 Å². The number of unbranched alkanes of at least 4 members (excludes halogenated alkanes) is 2. The van der Waals surface area contributed by atoms with Crippen LogP contribution in [0.2, 0.25) is 0 Å². The molecule has 0 bridgehead atoms. The minimum Gasteiger partial charge on any atom is -0.352 e. The van der Waals surface area contributed by atoms with Gasteiger partial charge in [-0.1, -0.05) is 44.4 Å². The lowest BCUT2D eigenvalue weighted by atomic mass is 10.1. The molecule has 0 amide bonds. The van der Waals surface area contributed by atoms with E-state index in [-0.39, 0.29) is 0 Å². The molecule has 0 aliphatic rings. The molecule has 1 heterocycles. The summed E-state index contributed by atoms with van der Waals surface area (Å²) in [4.78, 5) is 13.4. The summed E-state index contributed by atoms with van der Waals surface area (Å²) in [7, 11) is 0. The molecule has 24 heavy (non-hydrogen) atoms. The van der Waals surface area contributed by atoms with Crippen molar-refractivity contribution in [3.8, 4) is 0 Å². The summed E-state index contributed by atoms with van der Waals surface area (Å²) in [5, 5.41) is 6.74. The van der Waals surface area contributed by atoms with Gasteiger partial charge in [0.05, 0.1) is 0 Å². The Bertz CT molecular complexity index is 649. The normalized spacial score (nSPS) is 12.0. The van der Waals surface area contributed by atoms with Gasteiger partial charge in [0.25, 0.3) is 0 Å². The predicted octanol–water partition coefficient (Wildman–Crippen LogP) is 4.92. The van der Waals surface area contributed by atoms with Crippen molar-refractivity contribution in [1.82, 2.24) is 15.0 Å². The standard InChI is InChI=1S/C19H29N5/c1-6-7-8-12-15(4)20-18-21-16(5)22-19(24-18)23-17-13(2)10-9-11-14(17)3/h9-11,15H,6-8,12H2,1-5H3,(H2,20,21,22,23,24). The maximum atomic E-state index is 4.53. The zero-order valence-electron chi connectivity index (χ0n) is 15.5. The molecule has 0 radical (unpaired) electrons. The monoisotopic (exact) mass is 327 g/mol. The molecule has 2 aromatic rings. The number of hydrogen-bond acceptors (Lipinski definition) is 5. The number of anilines is 3. The minimum absolute atomic E-state index is 0.353. The molecule has 0 aliphatic heterocycles. The molecule has 2 N–H and O–H groups in total. The number of aryl methyl sites for hydroxylation is 3. The highest BCUT2D eigenvalue weighted by Crippen LogP contribution is 2.23. The van der Waals surface area contributed by atoms with Crippen molar-refractivity contribution in [1.29, 1.82) is 0 Å². The van der Waals surface area contributed by atoms with Gasteiger partial charge in [0.1, 0.15) is 5.82 Å². The van der Waals surface area contributed by atoms with E-state index in [1.807, 2.05) is 6.92 Å². The number of para-hydroxylation sites is 1. The van der Waals surface area contributed by atoms with Gasteiger partial charge in [0, 0.05) is 11.7 Å². The Balaban J connectivity index is 2.11. The molecule has 1 atom stereocenters. The van der Waals surface area contributed by atoms with Crippen LogP contribution in [0.25, 0.3) is 0 Å². The van der Waals surface area contributed by atoms with Crippen LogP contribution in [0.4, 0.5) is 17.6 Å². The summed E-state index contributed by atoms with van der Waals surface area (Å²) in [6.45, 7) is 10.5. The van der Waals surface area contributed by atoms with Crippen molar-refractivity contribution >= 4 is 17.6 Å². The number of benzene rings is 1. The Kier molecular flexibility index (Phi) is 6.53. The summed E-state index contributed by atoms with van der Waals surface area (Å²) < 4.78 is 0. The number of aromatic nitrogens is 3. The second-order valence-electron chi connectivity index (χ2n) is 6.46. The van der Waals surface area contributed by atoms with Crippen molar-refractivity contribution in [3.63, 3.8) is 0 Å². The Labute approximate surface area is 145 Å². The summed E-state index contributed by atoms with van der Waals surface area (Å²) in [6.07, 6.45) is 4.85. The van der Waals surface area contributed by atoms with Crippen molar-refractivity contribution in [2.75, 3.05) is 10.6 Å². The third-order valence-corrected chi connectivity index (χ3v) is 4.08. The average Bonchev–Trinajstić information content (AvgIpc) is 2.51. The van der Waals surface area contributed by atoms with Crippen molar-refractivity contribution < 1.29 is 0 Å². The fourth-order valence-electron chi connectivity index (χ4n) is 2.72. The quantitative estimate of drug-likeness (QED) is 0.674. The van der Waals surface area contributed by atoms with Gasteiger partial charge in [0.15, 0.2) is 0 Å². The van der Waals surface area contributed by atoms with Crippen LogP contribution in [0.5, 0.6) is 0 Å². The highest BCUT2D eigenvalue weighted by Gasteiger charge is 2.09. The number of rotatable bonds is 8. The van der Waals surface area contributed by atoms with Gasteiger partial charge in [-0.05, 0) is 45.2 Å². The third kappa shape index (κ3) is 5.18. The minimum atomic E-state index is 0.353. The summed E-state index contributed by atoms with van der Waals surface area (Å²) in [5.41, 5.74) is 3.41. The van der Waals surface area contributed by atoms with Crippen LogP contribution in [0.15, 0.2) is 18.2 Å². The van der Waals surface area contributed by atoms with E-state index in [9.17, 15) is 0 Å². The topological polar surface area (TPSA) is 62.7 Å². The molecule has 0 saturated heterocycles. The molecule has 5 heteroatoms. The van der Waals surface area contributed by atoms with E-state index in [1.165, 1.54) is 30.4 Å². The van der Waals surface area contributed by atoms with Crippen LogP contribution in [0.1, 0.15) is 56.5 Å². The van der Waals surface area contributed by atoms with Gasteiger partial charge >= 0.3 is 0 Å². The predicted molar refractivity (Wildman–Crippen MR) is 101 cm³/mol. The molecule has 0 fully saturated rings. The van der Waals surface area contributed by atoms with Crippen molar-refractivity contribution in [3.05, 3.63) is 35.2 Å². The van der Waals surface area contributed by atoms with Crippen molar-refractivity contribution in [2.45, 2.75) is 66.3 Å². The first-order valence-electron chi connectivity index (χ1n) is 8.82. The lowest BCUT2D eigenvalue weighted by Crippen LogP contribution is -2.18. The number of nitrogens with one attached hydrogen (secondary N) is 2. The third-order valence-electron chi connectivity index (χ3n) is 4.08. The molecule has 0 aliphatic carbocycles. The smallest absolute Gasteiger partial charge is 0.232 e. The largest absolute Gasteiger partial charge is 0.352 e. The molecule has 1 aromatic heterocycles. The van der Waals surface area contributed by atoms with Crippen LogP contribution in [0.3, 0.4) is 0 Å². The highest BCUT2D eigenvalue weighted by atomic mass is 15.2. The fourth-order valence-corrected chi connectivity index (χ4v) is 2.72. The van der Waals surface area contributed by atoms with Crippen molar-refractivity contribution in [2.24, 2.45) is 0 Å². The molecule has 0 spiro atoms. The second kappa shape index (κ2) is 8.62. The maximum absolute atomic E-state index is 4.53. The van der Waals surface area contributed by atoms with Gasteiger partial charge in [-0.25, -0.2) is 0 Å². The lowest BCUT2D eigenvalue weighted by molar-refractivity contribution is 0.611. The van der Waals surface area contributed by atoms with Gasteiger partial charge < -0.3 is 10.6 Å². The molecule has 0 saturated carbocycles. The summed E-state index contributed by atoms with van der Waals surface area (Å²) in [6, 6.07) is 6.57. The molecule has 1 aromatic carbocycles. The highest BCUT2D eigenvalue weighted by molar-refractivity contribution is 5.63. The SMILES string of the molecule is CCCCCC(C)Nc1nc(C)nc(Nc2c(C)cccc2C)n1. The Morgan fingerprint density at radius 1 is 0.958 bits per heavy atom. The number of hydrogen-bond donors (Lipinski definition) is 2. The van der Waals surface area contributed by atoms with E-state index in [0.717, 1.165) is 12.1 Å². The zero-order chi connectivity index (χ0) is 17.5. The average molecular weight is 327 g/mol. The number of nitrogens with zero attached hydrogens (tertiary/aromatic N) is 3. The fraction of sp³-hybridized carbons (Fsp3) is 0.526. The van der Waals surface area contributed by atoms with Gasteiger partial charge in [0.2, 0.25) is 11.9 Å². The van der Waals surface area contributed by atoms with E-state index in [0.29, 0.717) is 23.8 Å². The van der Waals surface area contributed by atoms with E-state index < -0.39 is 0 Å². The van der Waals surface area contributed by atoms with Gasteiger partial charge in [-0.2, -0.15) is 15.0 Å². The van der Waals surface area contributed by atoms with Gasteiger partial charge in [-0.15, -0.1) is 0 Å². The summed E-state index contributed by atoms with van der Waals surface area (Å²) in [5.74, 6) is 1.94. The lowest BCUT2D eigenvalue weighted by Gasteiger charge is -2.15. The van der Waals surface area contributed by atoms with Gasteiger partial charge in [-0.3, -0.25) is 0 Å². The molecule has 2 rings (SSSR count). The van der Waals surface area contributed by atoms with E-state index >= 15 is 0 Å². The van der Waals surface area contributed by atoms with Crippen LogP contribution in [-0.2, 0) is 0 Å². The zero-order valence-corrected chi connectivity index (χ0v) is 15.5. The molecule has 5 nitrogen and oxygen atoms in total. The first kappa shape index (κ1) is 18.2.